The Morgan fingerprint density at radius 2 is 1.64 bits per heavy atom. The van der Waals surface area contributed by atoms with E-state index in [-0.39, 0.29) is 0 Å². The van der Waals surface area contributed by atoms with E-state index in [1.807, 2.05) is 37.3 Å². The van der Waals surface area contributed by atoms with Crippen LogP contribution >= 0.6 is 0 Å². The number of hydrogen-bond acceptors (Lipinski definition) is 0. The van der Waals surface area contributed by atoms with E-state index in [0.717, 1.165) is 16.7 Å². The van der Waals surface area contributed by atoms with Crippen LogP contribution in [0.15, 0.2) is 49.1 Å². The van der Waals surface area contributed by atoms with E-state index in [2.05, 4.69) is 13.2 Å². The van der Waals surface area contributed by atoms with Gasteiger partial charge in [0.05, 0.1) is 0 Å². The molecule has 0 amide bonds. The highest BCUT2D eigenvalue weighted by Gasteiger charge is 1.95. The Kier molecular flexibility index (Phi) is 2.27. The van der Waals surface area contributed by atoms with Gasteiger partial charge in [-0.3, -0.25) is 0 Å². The molecule has 0 unspecified atom stereocenters. The lowest BCUT2D eigenvalue weighted by molar-refractivity contribution is 1.53. The Labute approximate surface area is 67.9 Å². The molecule has 11 heavy (non-hydrogen) atoms. The molecule has 0 aliphatic carbocycles. The summed E-state index contributed by atoms with van der Waals surface area (Å²) in [6.45, 7) is 9.72. The van der Waals surface area contributed by atoms with Gasteiger partial charge in [-0.15, -0.1) is 0 Å². The summed E-state index contributed by atoms with van der Waals surface area (Å²) in [7, 11) is 0. The minimum atomic E-state index is 1.02. The molecule has 0 aliphatic heterocycles. The fourth-order valence-corrected chi connectivity index (χ4v) is 0.886. The summed E-state index contributed by atoms with van der Waals surface area (Å²) in [6.07, 6.45) is 0. The van der Waals surface area contributed by atoms with Crippen LogP contribution in [0, 0.1) is 0 Å². The predicted molar refractivity (Wildman–Crippen MR) is 50.3 cm³/mol. The molecule has 0 nitrogen and oxygen atoms in total. The minimum absolute atomic E-state index is 1.02. The molecule has 56 valence electrons. The molecule has 0 saturated carbocycles. The molecule has 0 bridgehead atoms. The second kappa shape index (κ2) is 3.20. The van der Waals surface area contributed by atoms with Crippen LogP contribution < -0.4 is 0 Å². The zero-order valence-electron chi connectivity index (χ0n) is 6.80. The van der Waals surface area contributed by atoms with Crippen molar-refractivity contribution in [2.75, 3.05) is 0 Å². The first-order chi connectivity index (χ1) is 5.22. The van der Waals surface area contributed by atoms with Crippen LogP contribution in [-0.4, -0.2) is 0 Å². The summed E-state index contributed by atoms with van der Waals surface area (Å²) in [6, 6.07) is 10.1. The fraction of sp³-hybridized carbons (Fsp3) is 0.0909. The van der Waals surface area contributed by atoms with E-state index < -0.39 is 0 Å². The SMILES string of the molecule is C=C(C)C(=C)c1ccccc1. The lowest BCUT2D eigenvalue weighted by Crippen LogP contribution is -1.81. The van der Waals surface area contributed by atoms with E-state index in [9.17, 15) is 0 Å². The molecular weight excluding hydrogens is 132 g/mol. The van der Waals surface area contributed by atoms with Crippen LogP contribution in [0.25, 0.3) is 5.57 Å². The summed E-state index contributed by atoms with van der Waals surface area (Å²) in [5.74, 6) is 0. The zero-order chi connectivity index (χ0) is 8.27. The molecule has 0 spiro atoms. The Hall–Kier alpha value is -1.30. The highest BCUT2D eigenvalue weighted by molar-refractivity contribution is 5.75. The van der Waals surface area contributed by atoms with E-state index in [1.165, 1.54) is 0 Å². The maximum absolute atomic E-state index is 3.92. The zero-order valence-corrected chi connectivity index (χ0v) is 6.80. The van der Waals surface area contributed by atoms with Crippen molar-refractivity contribution in [3.8, 4) is 0 Å². The molecule has 0 N–H and O–H groups in total. The third kappa shape index (κ3) is 1.81. The standard InChI is InChI=1S/C11H12/c1-9(2)10(3)11-7-5-4-6-8-11/h4-8H,1,3H2,2H3. The molecule has 1 rings (SSSR count). The monoisotopic (exact) mass is 144 g/mol. The molecular formula is C11H12. The second-order valence-electron chi connectivity index (χ2n) is 2.62. The molecule has 0 fully saturated rings. The molecule has 0 heterocycles. The van der Waals surface area contributed by atoms with Crippen molar-refractivity contribution in [2.24, 2.45) is 0 Å². The summed E-state index contributed by atoms with van der Waals surface area (Å²) in [5.41, 5.74) is 3.20. The fourth-order valence-electron chi connectivity index (χ4n) is 0.886. The average molecular weight is 144 g/mol. The van der Waals surface area contributed by atoms with E-state index in [4.69, 9.17) is 0 Å². The molecule has 0 heteroatoms. The third-order valence-electron chi connectivity index (χ3n) is 1.64. The first-order valence-electron chi connectivity index (χ1n) is 3.62. The number of benzene rings is 1. The summed E-state index contributed by atoms with van der Waals surface area (Å²) in [4.78, 5) is 0. The Bertz CT molecular complexity index is 267. The van der Waals surface area contributed by atoms with Crippen LogP contribution in [0.1, 0.15) is 12.5 Å². The van der Waals surface area contributed by atoms with Crippen molar-refractivity contribution in [2.45, 2.75) is 6.92 Å². The van der Waals surface area contributed by atoms with Gasteiger partial charge in [-0.1, -0.05) is 49.1 Å². The first kappa shape index (κ1) is 7.80. The highest BCUT2D eigenvalue weighted by Crippen LogP contribution is 2.17. The van der Waals surface area contributed by atoms with Gasteiger partial charge < -0.3 is 0 Å². The summed E-state index contributed by atoms with van der Waals surface area (Å²) >= 11 is 0. The number of rotatable bonds is 2. The molecule has 0 aromatic heterocycles. The van der Waals surface area contributed by atoms with Crippen LogP contribution in [0.4, 0.5) is 0 Å². The summed E-state index contributed by atoms with van der Waals surface area (Å²) in [5, 5.41) is 0. The van der Waals surface area contributed by atoms with Gasteiger partial charge in [0.25, 0.3) is 0 Å². The lowest BCUT2D eigenvalue weighted by atomic mass is 10.0. The van der Waals surface area contributed by atoms with Crippen LogP contribution in [0.5, 0.6) is 0 Å². The maximum Gasteiger partial charge on any atom is -0.0188 e. The Balaban J connectivity index is 2.95. The van der Waals surface area contributed by atoms with Gasteiger partial charge in [0, 0.05) is 0 Å². The lowest BCUT2D eigenvalue weighted by Gasteiger charge is -2.02. The van der Waals surface area contributed by atoms with Gasteiger partial charge in [0.2, 0.25) is 0 Å². The molecule has 0 aliphatic rings. The Morgan fingerprint density at radius 3 is 2.09 bits per heavy atom. The van der Waals surface area contributed by atoms with Crippen molar-refractivity contribution in [3.05, 3.63) is 54.6 Å². The van der Waals surface area contributed by atoms with Crippen molar-refractivity contribution >= 4 is 5.57 Å². The first-order valence-corrected chi connectivity index (χ1v) is 3.62. The topological polar surface area (TPSA) is 0 Å². The molecule has 1 aromatic rings. The van der Waals surface area contributed by atoms with E-state index in [0.29, 0.717) is 0 Å². The van der Waals surface area contributed by atoms with Gasteiger partial charge in [0.15, 0.2) is 0 Å². The predicted octanol–water partition coefficient (Wildman–Crippen LogP) is 3.28. The van der Waals surface area contributed by atoms with Crippen LogP contribution in [0.3, 0.4) is 0 Å². The summed E-state index contributed by atoms with van der Waals surface area (Å²) < 4.78 is 0. The van der Waals surface area contributed by atoms with Crippen LogP contribution in [-0.2, 0) is 0 Å². The average Bonchev–Trinajstić information content (AvgIpc) is 2.05. The van der Waals surface area contributed by atoms with Crippen molar-refractivity contribution < 1.29 is 0 Å². The Morgan fingerprint density at radius 1 is 1.09 bits per heavy atom. The second-order valence-corrected chi connectivity index (χ2v) is 2.62. The van der Waals surface area contributed by atoms with Gasteiger partial charge >= 0.3 is 0 Å². The largest absolute Gasteiger partial charge is 0.0955 e. The van der Waals surface area contributed by atoms with Crippen molar-refractivity contribution in [1.82, 2.24) is 0 Å². The van der Waals surface area contributed by atoms with E-state index >= 15 is 0 Å². The van der Waals surface area contributed by atoms with E-state index in [1.54, 1.807) is 0 Å². The normalized spacial score (nSPS) is 9.18. The van der Waals surface area contributed by atoms with Crippen LogP contribution in [0.2, 0.25) is 0 Å². The number of allylic oxidation sites excluding steroid dienone is 2. The van der Waals surface area contributed by atoms with Gasteiger partial charge in [0.1, 0.15) is 0 Å². The quantitative estimate of drug-likeness (QED) is 0.559. The number of hydrogen-bond donors (Lipinski definition) is 0. The maximum atomic E-state index is 3.92. The van der Waals surface area contributed by atoms with Crippen molar-refractivity contribution in [1.29, 1.82) is 0 Å². The highest BCUT2D eigenvalue weighted by atomic mass is 14.0. The third-order valence-corrected chi connectivity index (χ3v) is 1.64. The molecule has 0 atom stereocenters. The smallest absolute Gasteiger partial charge is 0.0188 e. The van der Waals surface area contributed by atoms with Gasteiger partial charge in [-0.2, -0.15) is 0 Å². The molecule has 0 radical (unpaired) electrons. The van der Waals surface area contributed by atoms with Gasteiger partial charge in [-0.05, 0) is 18.1 Å². The van der Waals surface area contributed by atoms with Crippen molar-refractivity contribution in [3.63, 3.8) is 0 Å². The molecule has 1 aromatic carbocycles. The molecule has 0 saturated heterocycles. The minimum Gasteiger partial charge on any atom is -0.0955 e. The van der Waals surface area contributed by atoms with Gasteiger partial charge in [-0.25, -0.2) is 0 Å².